The molecule has 0 aliphatic rings. The lowest BCUT2D eigenvalue weighted by molar-refractivity contribution is -0.904. The van der Waals surface area contributed by atoms with Crippen molar-refractivity contribution in [3.05, 3.63) is 29.3 Å². The zero-order chi connectivity index (χ0) is 16.5. The Kier molecular flexibility index (Phi) is 7.60. The summed E-state index contributed by atoms with van der Waals surface area (Å²) in [4.78, 5) is 24.5. The highest BCUT2D eigenvalue weighted by Gasteiger charge is 2.16. The van der Waals surface area contributed by atoms with Crippen LogP contribution in [0.15, 0.2) is 18.2 Å². The first-order valence-corrected chi connectivity index (χ1v) is 7.88. The second-order valence-electron chi connectivity index (χ2n) is 5.22. The van der Waals surface area contributed by atoms with Crippen molar-refractivity contribution in [1.82, 2.24) is 5.32 Å². The van der Waals surface area contributed by atoms with E-state index >= 15 is 0 Å². The van der Waals surface area contributed by atoms with Crippen LogP contribution in [0.4, 0.5) is 0 Å². The Bertz CT molecular complexity index is 515. The Hall–Kier alpha value is -1.88. The van der Waals surface area contributed by atoms with E-state index in [1.165, 1.54) is 0 Å². The van der Waals surface area contributed by atoms with Crippen LogP contribution in [-0.4, -0.2) is 37.9 Å². The monoisotopic (exact) mass is 307 g/mol. The van der Waals surface area contributed by atoms with Gasteiger partial charge in [-0.05, 0) is 45.9 Å². The third kappa shape index (κ3) is 5.48. The second kappa shape index (κ2) is 9.20. The standard InChI is InChI=1S/C17H26N2O3/c1-5-18-17(21)12-19(6-2)11-15-10-14(13(4)20)8-9-16(15)22-7-3/h8-10H,5-7,11-12H2,1-4H3,(H,18,21)/p+1. The minimum Gasteiger partial charge on any atom is -0.493 e. The van der Waals surface area contributed by atoms with Crippen LogP contribution in [0, 0.1) is 0 Å². The Morgan fingerprint density at radius 1 is 1.23 bits per heavy atom. The molecule has 0 aliphatic heterocycles. The van der Waals surface area contributed by atoms with Gasteiger partial charge in [-0.1, -0.05) is 0 Å². The first kappa shape index (κ1) is 18.2. The summed E-state index contributed by atoms with van der Waals surface area (Å²) in [5.41, 5.74) is 1.64. The molecule has 1 amide bonds. The molecule has 1 aromatic rings. The average molecular weight is 307 g/mol. The summed E-state index contributed by atoms with van der Waals surface area (Å²) in [7, 11) is 0. The van der Waals surface area contributed by atoms with Gasteiger partial charge in [0.2, 0.25) is 0 Å². The number of rotatable bonds is 9. The van der Waals surface area contributed by atoms with E-state index < -0.39 is 0 Å². The molecular weight excluding hydrogens is 280 g/mol. The van der Waals surface area contributed by atoms with E-state index in [1.54, 1.807) is 13.0 Å². The largest absolute Gasteiger partial charge is 0.493 e. The zero-order valence-corrected chi connectivity index (χ0v) is 14.0. The van der Waals surface area contributed by atoms with Gasteiger partial charge in [-0.3, -0.25) is 9.59 Å². The fourth-order valence-electron chi connectivity index (χ4n) is 2.30. The molecule has 122 valence electrons. The summed E-state index contributed by atoms with van der Waals surface area (Å²) in [6.45, 7) is 10.6. The molecule has 2 N–H and O–H groups in total. The van der Waals surface area contributed by atoms with Crippen LogP contribution in [0.3, 0.4) is 0 Å². The predicted molar refractivity (Wildman–Crippen MR) is 86.4 cm³/mol. The van der Waals surface area contributed by atoms with Gasteiger partial charge in [0.1, 0.15) is 12.3 Å². The number of carbonyl (C=O) groups is 2. The Labute approximate surface area is 132 Å². The van der Waals surface area contributed by atoms with Crippen molar-refractivity contribution in [2.24, 2.45) is 0 Å². The quantitative estimate of drug-likeness (QED) is 0.664. The molecule has 1 unspecified atom stereocenters. The summed E-state index contributed by atoms with van der Waals surface area (Å²) in [6.07, 6.45) is 0. The zero-order valence-electron chi connectivity index (χ0n) is 14.0. The highest BCUT2D eigenvalue weighted by molar-refractivity contribution is 5.94. The lowest BCUT2D eigenvalue weighted by atomic mass is 10.1. The number of amides is 1. The molecule has 1 atom stereocenters. The van der Waals surface area contributed by atoms with E-state index in [1.807, 2.05) is 32.9 Å². The van der Waals surface area contributed by atoms with Gasteiger partial charge in [-0.25, -0.2) is 0 Å². The second-order valence-corrected chi connectivity index (χ2v) is 5.22. The summed E-state index contributed by atoms with van der Waals surface area (Å²) in [5, 5.41) is 2.82. The molecule has 1 rings (SSSR count). The van der Waals surface area contributed by atoms with Crippen molar-refractivity contribution in [2.45, 2.75) is 34.2 Å². The van der Waals surface area contributed by atoms with Gasteiger partial charge in [-0.15, -0.1) is 0 Å². The summed E-state index contributed by atoms with van der Waals surface area (Å²) in [5.74, 6) is 0.862. The highest BCUT2D eigenvalue weighted by Crippen LogP contribution is 2.20. The van der Waals surface area contributed by atoms with Gasteiger partial charge >= 0.3 is 0 Å². The lowest BCUT2D eigenvalue weighted by Crippen LogP contribution is -3.11. The van der Waals surface area contributed by atoms with Crippen LogP contribution in [0.1, 0.15) is 43.6 Å². The topological polar surface area (TPSA) is 59.8 Å². The van der Waals surface area contributed by atoms with E-state index in [0.29, 0.717) is 31.8 Å². The SMILES string of the molecule is CCNC(=O)C[NH+](CC)Cc1cc(C(C)=O)ccc1OCC. The number of nitrogens with one attached hydrogen (secondary N) is 2. The normalized spacial score (nSPS) is 11.8. The van der Waals surface area contributed by atoms with Crippen molar-refractivity contribution in [3.63, 3.8) is 0 Å². The minimum atomic E-state index is 0.0334. The van der Waals surface area contributed by atoms with Crippen molar-refractivity contribution in [1.29, 1.82) is 0 Å². The molecule has 5 nitrogen and oxygen atoms in total. The average Bonchev–Trinajstić information content (AvgIpc) is 2.48. The van der Waals surface area contributed by atoms with Gasteiger partial charge in [0.05, 0.1) is 13.2 Å². The molecule has 0 saturated carbocycles. The van der Waals surface area contributed by atoms with Crippen molar-refractivity contribution in [3.8, 4) is 5.75 Å². The number of carbonyl (C=O) groups excluding carboxylic acids is 2. The van der Waals surface area contributed by atoms with Gasteiger partial charge in [-0.2, -0.15) is 0 Å². The fourth-order valence-corrected chi connectivity index (χ4v) is 2.30. The van der Waals surface area contributed by atoms with E-state index in [4.69, 9.17) is 4.74 Å². The molecule has 0 aliphatic carbocycles. The number of quaternary nitrogens is 1. The van der Waals surface area contributed by atoms with Crippen LogP contribution in [0.5, 0.6) is 5.75 Å². The number of likely N-dealkylation sites (N-methyl/N-ethyl adjacent to an activating group) is 2. The molecule has 1 aromatic carbocycles. The molecule has 0 radical (unpaired) electrons. The van der Waals surface area contributed by atoms with Crippen molar-refractivity contribution in [2.75, 3.05) is 26.2 Å². The van der Waals surface area contributed by atoms with Crippen LogP contribution in [-0.2, 0) is 11.3 Å². The Morgan fingerprint density at radius 3 is 2.50 bits per heavy atom. The molecule has 0 fully saturated rings. The molecule has 0 bridgehead atoms. The van der Waals surface area contributed by atoms with Crippen molar-refractivity contribution < 1.29 is 19.2 Å². The minimum absolute atomic E-state index is 0.0334. The summed E-state index contributed by atoms with van der Waals surface area (Å²) in [6, 6.07) is 5.50. The lowest BCUT2D eigenvalue weighted by Gasteiger charge is -2.19. The molecule has 0 saturated heterocycles. The summed E-state index contributed by atoms with van der Waals surface area (Å²) >= 11 is 0. The van der Waals surface area contributed by atoms with E-state index in [9.17, 15) is 9.59 Å². The van der Waals surface area contributed by atoms with E-state index in [-0.39, 0.29) is 11.7 Å². The van der Waals surface area contributed by atoms with Crippen molar-refractivity contribution >= 4 is 11.7 Å². The van der Waals surface area contributed by atoms with E-state index in [0.717, 1.165) is 22.8 Å². The highest BCUT2D eigenvalue weighted by atomic mass is 16.5. The smallest absolute Gasteiger partial charge is 0.275 e. The molecule has 0 heterocycles. The number of hydrogen-bond acceptors (Lipinski definition) is 3. The molecule has 0 aromatic heterocycles. The number of Topliss-reactive ketones (excluding diaryl/α,β-unsaturated/α-hetero) is 1. The fraction of sp³-hybridized carbons (Fsp3) is 0.529. The molecule has 0 spiro atoms. The maximum atomic E-state index is 11.8. The third-order valence-electron chi connectivity index (χ3n) is 3.49. The first-order valence-electron chi connectivity index (χ1n) is 7.88. The molecule has 22 heavy (non-hydrogen) atoms. The van der Waals surface area contributed by atoms with Crippen LogP contribution < -0.4 is 15.0 Å². The Morgan fingerprint density at radius 2 is 1.95 bits per heavy atom. The van der Waals surface area contributed by atoms with Crippen LogP contribution in [0.25, 0.3) is 0 Å². The number of benzene rings is 1. The van der Waals surface area contributed by atoms with Crippen LogP contribution in [0.2, 0.25) is 0 Å². The van der Waals surface area contributed by atoms with E-state index in [2.05, 4.69) is 5.32 Å². The molecular formula is C17H27N2O3+. The predicted octanol–water partition coefficient (Wildman–Crippen LogP) is 0.829. The van der Waals surface area contributed by atoms with Gasteiger partial charge in [0.15, 0.2) is 12.3 Å². The molecule has 5 heteroatoms. The third-order valence-corrected chi connectivity index (χ3v) is 3.49. The first-order chi connectivity index (χ1) is 10.5. The number of ketones is 1. The maximum Gasteiger partial charge on any atom is 0.275 e. The maximum absolute atomic E-state index is 11.8. The van der Waals surface area contributed by atoms with Gasteiger partial charge in [0.25, 0.3) is 5.91 Å². The van der Waals surface area contributed by atoms with Gasteiger partial charge in [0, 0.05) is 17.7 Å². The number of hydrogen-bond donors (Lipinski definition) is 2. The van der Waals surface area contributed by atoms with Crippen LogP contribution >= 0.6 is 0 Å². The summed E-state index contributed by atoms with van der Waals surface area (Å²) < 4.78 is 5.64. The number of ether oxygens (including phenoxy) is 1. The Balaban J connectivity index is 2.93. The van der Waals surface area contributed by atoms with Gasteiger partial charge < -0.3 is 15.0 Å².